The summed E-state index contributed by atoms with van der Waals surface area (Å²) in [6.07, 6.45) is 0.910. The number of carbonyl (C=O) groups is 1. The highest BCUT2D eigenvalue weighted by atomic mass is 35.5. The first-order valence-electron chi connectivity index (χ1n) is 3.68. The molecule has 64 valence electrons. The first kappa shape index (κ1) is 9.07. The Morgan fingerprint density at radius 1 is 1.58 bits per heavy atom. The molecule has 0 aromatic heterocycles. The molecule has 0 atom stereocenters. The summed E-state index contributed by atoms with van der Waals surface area (Å²) in [6.45, 7) is 2.03. The van der Waals surface area contributed by atoms with Crippen molar-refractivity contribution in [2.45, 2.75) is 13.3 Å². The number of hydrogen-bond donors (Lipinski definition) is 0. The highest BCUT2D eigenvalue weighted by Gasteiger charge is 1.99. The molecule has 0 fully saturated rings. The predicted molar refractivity (Wildman–Crippen MR) is 47.7 cm³/mol. The van der Waals surface area contributed by atoms with Gasteiger partial charge in [0, 0.05) is 11.6 Å². The van der Waals surface area contributed by atoms with Crippen molar-refractivity contribution in [2.24, 2.45) is 0 Å². The van der Waals surface area contributed by atoms with Gasteiger partial charge in [-0.25, -0.2) is 4.79 Å². The summed E-state index contributed by atoms with van der Waals surface area (Å²) >= 11 is 5.05. The van der Waals surface area contributed by atoms with Crippen LogP contribution in [0.15, 0.2) is 24.3 Å². The van der Waals surface area contributed by atoms with Crippen LogP contribution < -0.4 is 4.74 Å². The maximum atomic E-state index is 10.4. The lowest BCUT2D eigenvalue weighted by molar-refractivity contribution is 0.225. The maximum absolute atomic E-state index is 10.4. The van der Waals surface area contributed by atoms with Gasteiger partial charge in [0.2, 0.25) is 0 Å². The third kappa shape index (κ3) is 2.55. The van der Waals surface area contributed by atoms with Crippen molar-refractivity contribution < 1.29 is 9.53 Å². The Bertz CT molecular complexity index is 284. The molecule has 1 aromatic carbocycles. The number of carbonyl (C=O) groups excluding carboxylic acids is 1. The standard InChI is InChI=1S/C9H9ClO2/c1-2-7-4-3-5-8(6-7)12-9(10)11/h3-6H,2H2,1H3. The zero-order valence-corrected chi connectivity index (χ0v) is 7.47. The molecule has 3 heteroatoms. The van der Waals surface area contributed by atoms with E-state index >= 15 is 0 Å². The van der Waals surface area contributed by atoms with Crippen LogP contribution in [0.25, 0.3) is 0 Å². The molecule has 0 aliphatic heterocycles. The quantitative estimate of drug-likeness (QED) is 0.661. The lowest BCUT2D eigenvalue weighted by Crippen LogP contribution is -1.96. The molecule has 0 radical (unpaired) electrons. The second-order valence-corrected chi connectivity index (χ2v) is 2.65. The Morgan fingerprint density at radius 3 is 2.92 bits per heavy atom. The zero-order chi connectivity index (χ0) is 8.97. The van der Waals surface area contributed by atoms with E-state index in [2.05, 4.69) is 4.74 Å². The van der Waals surface area contributed by atoms with Gasteiger partial charge in [0.25, 0.3) is 0 Å². The molecule has 0 unspecified atom stereocenters. The van der Waals surface area contributed by atoms with Crippen LogP contribution in [0, 0.1) is 0 Å². The van der Waals surface area contributed by atoms with Gasteiger partial charge < -0.3 is 4.74 Å². The highest BCUT2D eigenvalue weighted by molar-refractivity contribution is 6.61. The molecule has 1 rings (SSSR count). The summed E-state index contributed by atoms with van der Waals surface area (Å²) in [5.74, 6) is 0.495. The lowest BCUT2D eigenvalue weighted by atomic mass is 10.2. The van der Waals surface area contributed by atoms with Crippen molar-refractivity contribution in [1.29, 1.82) is 0 Å². The summed E-state index contributed by atoms with van der Waals surface area (Å²) in [5.41, 5.74) is 0.314. The van der Waals surface area contributed by atoms with Crippen LogP contribution in [-0.4, -0.2) is 5.43 Å². The fraction of sp³-hybridized carbons (Fsp3) is 0.222. The topological polar surface area (TPSA) is 26.3 Å². The summed E-state index contributed by atoms with van der Waals surface area (Å²) in [6, 6.07) is 7.28. The van der Waals surface area contributed by atoms with Gasteiger partial charge in [-0.15, -0.1) is 0 Å². The fourth-order valence-corrected chi connectivity index (χ4v) is 1.01. The largest absolute Gasteiger partial charge is 0.414 e. The minimum absolute atomic E-state index is 0.495. The molecule has 0 saturated carbocycles. The molecule has 12 heavy (non-hydrogen) atoms. The molecule has 1 aromatic rings. The molecule has 0 aliphatic carbocycles. The first-order chi connectivity index (χ1) is 5.72. The first-order valence-corrected chi connectivity index (χ1v) is 4.06. The van der Waals surface area contributed by atoms with Crippen LogP contribution in [0.4, 0.5) is 4.79 Å². The number of benzene rings is 1. The smallest absolute Gasteiger partial charge is 0.409 e. The summed E-state index contributed by atoms with van der Waals surface area (Å²) < 4.78 is 4.68. The van der Waals surface area contributed by atoms with Gasteiger partial charge in [0.1, 0.15) is 5.75 Å². The van der Waals surface area contributed by atoms with Crippen LogP contribution in [0.2, 0.25) is 0 Å². The maximum Gasteiger partial charge on any atom is 0.409 e. The van der Waals surface area contributed by atoms with Crippen molar-refractivity contribution in [3.8, 4) is 5.75 Å². The van der Waals surface area contributed by atoms with Gasteiger partial charge in [-0.2, -0.15) is 0 Å². The van der Waals surface area contributed by atoms with Crippen molar-refractivity contribution in [1.82, 2.24) is 0 Å². The number of ether oxygens (including phenoxy) is 1. The zero-order valence-electron chi connectivity index (χ0n) is 6.71. The van der Waals surface area contributed by atoms with Crippen LogP contribution in [0.5, 0.6) is 5.75 Å². The molecule has 0 N–H and O–H groups in total. The average Bonchev–Trinajstić information content (AvgIpc) is 2.03. The van der Waals surface area contributed by atoms with E-state index in [9.17, 15) is 4.79 Å². The number of rotatable bonds is 2. The van der Waals surface area contributed by atoms with Crippen LogP contribution in [-0.2, 0) is 6.42 Å². The van der Waals surface area contributed by atoms with Gasteiger partial charge in [0.05, 0.1) is 0 Å². The monoisotopic (exact) mass is 184 g/mol. The molecular formula is C9H9ClO2. The summed E-state index contributed by atoms with van der Waals surface area (Å²) in [4.78, 5) is 10.4. The lowest BCUT2D eigenvalue weighted by Gasteiger charge is -2.00. The Labute approximate surface area is 76.1 Å². The number of halogens is 1. The van der Waals surface area contributed by atoms with E-state index in [1.807, 2.05) is 19.1 Å². The van der Waals surface area contributed by atoms with Crippen molar-refractivity contribution in [3.05, 3.63) is 29.8 Å². The molecule has 0 spiro atoms. The predicted octanol–water partition coefficient (Wildman–Crippen LogP) is 2.99. The van der Waals surface area contributed by atoms with E-state index in [-0.39, 0.29) is 0 Å². The number of hydrogen-bond acceptors (Lipinski definition) is 2. The molecular weight excluding hydrogens is 176 g/mol. The Balaban J connectivity index is 2.79. The number of aryl methyl sites for hydroxylation is 1. The van der Waals surface area contributed by atoms with Gasteiger partial charge >= 0.3 is 5.43 Å². The van der Waals surface area contributed by atoms with E-state index in [1.54, 1.807) is 12.1 Å². The second-order valence-electron chi connectivity index (χ2n) is 2.34. The SMILES string of the molecule is CCc1cccc(OC(=O)Cl)c1. The van der Waals surface area contributed by atoms with Gasteiger partial charge in [-0.1, -0.05) is 19.1 Å². The van der Waals surface area contributed by atoms with E-state index < -0.39 is 5.43 Å². The minimum Gasteiger partial charge on any atom is -0.414 e. The van der Waals surface area contributed by atoms with Crippen molar-refractivity contribution in [2.75, 3.05) is 0 Å². The highest BCUT2D eigenvalue weighted by Crippen LogP contribution is 2.14. The molecule has 0 aliphatic rings. The average molecular weight is 185 g/mol. The van der Waals surface area contributed by atoms with Crippen LogP contribution in [0.3, 0.4) is 0 Å². The Morgan fingerprint density at radius 2 is 2.33 bits per heavy atom. The molecule has 0 heterocycles. The van der Waals surface area contributed by atoms with Gasteiger partial charge in [-0.05, 0) is 24.1 Å². The Hall–Kier alpha value is -1.02. The summed E-state index contributed by atoms with van der Waals surface area (Å²) in [7, 11) is 0. The molecule has 0 bridgehead atoms. The van der Waals surface area contributed by atoms with Crippen LogP contribution >= 0.6 is 11.6 Å². The van der Waals surface area contributed by atoms with Gasteiger partial charge in [0.15, 0.2) is 0 Å². The molecule has 2 nitrogen and oxygen atoms in total. The molecule has 0 amide bonds. The van der Waals surface area contributed by atoms with Crippen molar-refractivity contribution in [3.63, 3.8) is 0 Å². The normalized spacial score (nSPS) is 9.50. The third-order valence-corrected chi connectivity index (χ3v) is 1.58. The van der Waals surface area contributed by atoms with Crippen molar-refractivity contribution >= 4 is 17.0 Å². The Kier molecular flexibility index (Phi) is 3.11. The second kappa shape index (κ2) is 4.12. The van der Waals surface area contributed by atoms with Gasteiger partial charge in [-0.3, -0.25) is 0 Å². The van der Waals surface area contributed by atoms with E-state index in [0.717, 1.165) is 12.0 Å². The summed E-state index contributed by atoms with van der Waals surface area (Å²) in [5, 5.41) is 0. The van der Waals surface area contributed by atoms with E-state index in [0.29, 0.717) is 5.75 Å². The fourth-order valence-electron chi connectivity index (χ4n) is 0.922. The van der Waals surface area contributed by atoms with Crippen LogP contribution in [0.1, 0.15) is 12.5 Å². The molecule has 0 saturated heterocycles. The third-order valence-electron chi connectivity index (χ3n) is 1.50. The minimum atomic E-state index is -0.803. The van der Waals surface area contributed by atoms with E-state index in [1.165, 1.54) is 0 Å². The van der Waals surface area contributed by atoms with E-state index in [4.69, 9.17) is 11.6 Å².